The highest BCUT2D eigenvalue weighted by Gasteiger charge is 2.16. The van der Waals surface area contributed by atoms with Crippen LogP contribution in [0.5, 0.6) is 11.5 Å². The topological polar surface area (TPSA) is 115 Å². The largest absolute Gasteiger partial charge is 0.486 e. The van der Waals surface area contributed by atoms with Gasteiger partial charge < -0.3 is 20.5 Å². The van der Waals surface area contributed by atoms with Gasteiger partial charge in [0.25, 0.3) is 5.91 Å². The molecule has 1 aliphatic heterocycles. The Labute approximate surface area is 107 Å². The lowest BCUT2D eigenvalue weighted by molar-refractivity contribution is 0.102. The third-order valence-electron chi connectivity index (χ3n) is 2.59. The summed E-state index contributed by atoms with van der Waals surface area (Å²) < 4.78 is 10.8. The maximum absolute atomic E-state index is 11.9. The fourth-order valence-corrected chi connectivity index (χ4v) is 1.72. The van der Waals surface area contributed by atoms with E-state index in [2.05, 4.69) is 20.7 Å². The van der Waals surface area contributed by atoms with Crippen molar-refractivity contribution in [2.24, 2.45) is 0 Å². The first-order chi connectivity index (χ1) is 9.24. The lowest BCUT2D eigenvalue weighted by Gasteiger charge is -2.18. The van der Waals surface area contributed by atoms with E-state index in [-0.39, 0.29) is 11.5 Å². The van der Waals surface area contributed by atoms with Gasteiger partial charge in [0, 0.05) is 11.8 Å². The van der Waals surface area contributed by atoms with Crippen molar-refractivity contribution in [1.82, 2.24) is 15.4 Å². The van der Waals surface area contributed by atoms with E-state index < -0.39 is 5.91 Å². The molecule has 0 radical (unpaired) electrons. The molecule has 8 nitrogen and oxygen atoms in total. The molecular weight excluding hydrogens is 250 g/mol. The summed E-state index contributed by atoms with van der Waals surface area (Å²) in [6.07, 6.45) is 0. The van der Waals surface area contributed by atoms with Crippen LogP contribution in [0.1, 0.15) is 10.5 Å². The summed E-state index contributed by atoms with van der Waals surface area (Å²) in [4.78, 5) is 11.9. The summed E-state index contributed by atoms with van der Waals surface area (Å²) in [7, 11) is 0. The Hall–Kier alpha value is -2.77. The van der Waals surface area contributed by atoms with Gasteiger partial charge in [-0.25, -0.2) is 0 Å². The molecule has 98 valence electrons. The molecule has 2 heterocycles. The number of ether oxygens (including phenoxy) is 2. The number of nitrogens with one attached hydrogen (secondary N) is 2. The third-order valence-corrected chi connectivity index (χ3v) is 2.59. The molecule has 0 bridgehead atoms. The van der Waals surface area contributed by atoms with Crippen molar-refractivity contribution in [3.8, 4) is 11.5 Å². The van der Waals surface area contributed by atoms with Crippen molar-refractivity contribution in [3.05, 3.63) is 23.9 Å². The Kier molecular flexibility index (Phi) is 2.67. The molecule has 0 spiro atoms. The van der Waals surface area contributed by atoms with Gasteiger partial charge in [0.2, 0.25) is 0 Å². The average Bonchev–Trinajstić information content (AvgIpc) is 2.85. The van der Waals surface area contributed by atoms with Gasteiger partial charge in [-0.1, -0.05) is 0 Å². The Balaban J connectivity index is 1.80. The molecule has 4 N–H and O–H groups in total. The minimum absolute atomic E-state index is 0.0508. The number of fused-ring (bicyclic) bond motifs is 1. The van der Waals surface area contributed by atoms with Gasteiger partial charge in [-0.2, -0.15) is 5.21 Å². The Morgan fingerprint density at radius 3 is 2.79 bits per heavy atom. The van der Waals surface area contributed by atoms with Gasteiger partial charge >= 0.3 is 0 Å². The number of nitrogen functional groups attached to an aromatic ring is 1. The van der Waals surface area contributed by atoms with Crippen molar-refractivity contribution in [1.29, 1.82) is 0 Å². The molecule has 0 unspecified atom stereocenters. The second kappa shape index (κ2) is 4.48. The normalized spacial score (nSPS) is 13.1. The number of hydrogen-bond donors (Lipinski definition) is 3. The number of hydrogen-bond acceptors (Lipinski definition) is 6. The smallest absolute Gasteiger partial charge is 0.280 e. The van der Waals surface area contributed by atoms with Crippen LogP contribution in [0.4, 0.5) is 11.5 Å². The van der Waals surface area contributed by atoms with Crippen LogP contribution in [-0.4, -0.2) is 34.5 Å². The molecule has 8 heteroatoms. The molecule has 1 aliphatic rings. The number of H-pyrrole nitrogens is 1. The number of rotatable bonds is 2. The minimum Gasteiger partial charge on any atom is -0.486 e. The van der Waals surface area contributed by atoms with Crippen LogP contribution in [0.25, 0.3) is 0 Å². The zero-order valence-corrected chi connectivity index (χ0v) is 9.84. The number of benzene rings is 1. The van der Waals surface area contributed by atoms with E-state index in [4.69, 9.17) is 15.2 Å². The van der Waals surface area contributed by atoms with E-state index in [1.165, 1.54) is 0 Å². The van der Waals surface area contributed by atoms with Crippen LogP contribution in [0.3, 0.4) is 0 Å². The first-order valence-electron chi connectivity index (χ1n) is 5.61. The first kappa shape index (κ1) is 11.3. The summed E-state index contributed by atoms with van der Waals surface area (Å²) in [5.74, 6) is 0.861. The number of aromatic amines is 1. The highest BCUT2D eigenvalue weighted by molar-refractivity contribution is 6.05. The van der Waals surface area contributed by atoms with Crippen LogP contribution in [-0.2, 0) is 0 Å². The number of nitrogens with zero attached hydrogens (tertiary/aromatic N) is 2. The molecule has 0 aliphatic carbocycles. The second-order valence-corrected chi connectivity index (χ2v) is 3.87. The predicted molar refractivity (Wildman–Crippen MR) is 66.2 cm³/mol. The van der Waals surface area contributed by atoms with Crippen molar-refractivity contribution < 1.29 is 14.3 Å². The number of nitrogens with two attached hydrogens (primary N) is 1. The van der Waals surface area contributed by atoms with Gasteiger partial charge in [0.05, 0.1) is 0 Å². The van der Waals surface area contributed by atoms with Crippen LogP contribution in [0.15, 0.2) is 18.2 Å². The van der Waals surface area contributed by atoms with Crippen LogP contribution in [0, 0.1) is 0 Å². The van der Waals surface area contributed by atoms with E-state index in [9.17, 15) is 4.79 Å². The van der Waals surface area contributed by atoms with E-state index in [0.717, 1.165) is 0 Å². The standard InChI is InChI=1S/C11H11N5O3/c12-10-9(14-16-15-10)11(17)13-6-1-2-7-8(5-6)19-4-3-18-7/h1-2,5H,3-4H2,(H,13,17)(H3,12,14,15,16). The van der Waals surface area contributed by atoms with E-state index in [1.807, 2.05) is 0 Å². The van der Waals surface area contributed by atoms with Crippen molar-refractivity contribution in [2.45, 2.75) is 0 Å². The molecule has 1 aromatic carbocycles. The summed E-state index contributed by atoms with van der Waals surface area (Å²) in [6, 6.07) is 5.13. The van der Waals surface area contributed by atoms with Crippen molar-refractivity contribution >= 4 is 17.4 Å². The highest BCUT2D eigenvalue weighted by atomic mass is 16.6. The van der Waals surface area contributed by atoms with Gasteiger partial charge in [-0.15, -0.1) is 10.2 Å². The lowest BCUT2D eigenvalue weighted by atomic mass is 10.2. The number of anilines is 2. The molecular formula is C11H11N5O3. The molecule has 0 saturated carbocycles. The number of carbonyl (C=O) groups excluding carboxylic acids is 1. The molecule has 0 fully saturated rings. The first-order valence-corrected chi connectivity index (χ1v) is 5.61. The van der Waals surface area contributed by atoms with Crippen LogP contribution in [0.2, 0.25) is 0 Å². The predicted octanol–water partition coefficient (Wildman–Crippen LogP) is 0.410. The van der Waals surface area contributed by atoms with Gasteiger partial charge in [0.15, 0.2) is 23.0 Å². The number of amides is 1. The minimum atomic E-state index is -0.442. The van der Waals surface area contributed by atoms with E-state index in [0.29, 0.717) is 30.4 Å². The van der Waals surface area contributed by atoms with Crippen LogP contribution >= 0.6 is 0 Å². The second-order valence-electron chi connectivity index (χ2n) is 3.87. The van der Waals surface area contributed by atoms with Crippen LogP contribution < -0.4 is 20.5 Å². The molecule has 0 atom stereocenters. The quantitative estimate of drug-likeness (QED) is 0.721. The van der Waals surface area contributed by atoms with E-state index >= 15 is 0 Å². The molecule has 1 aromatic heterocycles. The summed E-state index contributed by atoms with van der Waals surface area (Å²) >= 11 is 0. The highest BCUT2D eigenvalue weighted by Crippen LogP contribution is 2.32. The van der Waals surface area contributed by atoms with E-state index in [1.54, 1.807) is 18.2 Å². The van der Waals surface area contributed by atoms with Gasteiger partial charge in [-0.3, -0.25) is 4.79 Å². The molecule has 1 amide bonds. The molecule has 0 saturated heterocycles. The molecule has 3 rings (SSSR count). The monoisotopic (exact) mass is 261 g/mol. The summed E-state index contributed by atoms with van der Waals surface area (Å²) in [5, 5.41) is 12.2. The summed E-state index contributed by atoms with van der Waals surface area (Å²) in [5.41, 5.74) is 6.11. The molecule has 19 heavy (non-hydrogen) atoms. The lowest BCUT2D eigenvalue weighted by Crippen LogP contribution is -2.17. The Morgan fingerprint density at radius 2 is 2.05 bits per heavy atom. The van der Waals surface area contributed by atoms with Crippen molar-refractivity contribution in [3.63, 3.8) is 0 Å². The Morgan fingerprint density at radius 1 is 1.26 bits per heavy atom. The fraction of sp³-hybridized carbons (Fsp3) is 0.182. The maximum atomic E-state index is 11.9. The van der Waals surface area contributed by atoms with Crippen molar-refractivity contribution in [2.75, 3.05) is 24.3 Å². The number of carbonyl (C=O) groups is 1. The zero-order chi connectivity index (χ0) is 13.2. The zero-order valence-electron chi connectivity index (χ0n) is 9.84. The van der Waals surface area contributed by atoms with Gasteiger partial charge in [-0.05, 0) is 12.1 Å². The third kappa shape index (κ3) is 2.15. The Bertz CT molecular complexity index is 625. The fourth-order valence-electron chi connectivity index (χ4n) is 1.72. The maximum Gasteiger partial charge on any atom is 0.280 e. The average molecular weight is 261 g/mol. The van der Waals surface area contributed by atoms with Gasteiger partial charge in [0.1, 0.15) is 13.2 Å². The number of aromatic nitrogens is 3. The summed E-state index contributed by atoms with van der Waals surface area (Å²) in [6.45, 7) is 1.01. The SMILES string of the molecule is Nc1n[nH]nc1C(=O)Nc1ccc2c(c1)OCCO2. The molecule has 2 aromatic rings.